The number of hydrazine groups is 1. The lowest BCUT2D eigenvalue weighted by molar-refractivity contribution is 0.0942. The minimum Gasteiger partial charge on any atom is -0.469 e. The lowest BCUT2D eigenvalue weighted by Gasteiger charge is -2.24. The van der Waals surface area contributed by atoms with Gasteiger partial charge in [-0.1, -0.05) is 19.3 Å². The van der Waals surface area contributed by atoms with Crippen LogP contribution in [0.1, 0.15) is 48.2 Å². The summed E-state index contributed by atoms with van der Waals surface area (Å²) in [6.07, 6.45) is 7.53. The molecule has 104 valence electrons. The second-order valence-corrected chi connectivity index (χ2v) is 5.19. The average molecular weight is 281 g/mol. The summed E-state index contributed by atoms with van der Waals surface area (Å²) in [5.41, 5.74) is 5.79. The third kappa shape index (κ3) is 3.96. The molecule has 1 amide bonds. The first-order chi connectivity index (χ1) is 9.16. The van der Waals surface area contributed by atoms with Gasteiger partial charge in [0.25, 0.3) is 5.91 Å². The average Bonchev–Trinajstić information content (AvgIpc) is 2.83. The Kier molecular flexibility index (Phi) is 4.79. The van der Waals surface area contributed by atoms with Crippen molar-refractivity contribution >= 4 is 23.2 Å². The second-order valence-electron chi connectivity index (χ2n) is 4.78. The Morgan fingerprint density at radius 2 is 2.05 bits per heavy atom. The Hall–Kier alpha value is -1.56. The summed E-state index contributed by atoms with van der Waals surface area (Å²) in [5, 5.41) is 3.68. The van der Waals surface area contributed by atoms with Gasteiger partial charge in [0.2, 0.25) is 0 Å². The molecule has 1 fully saturated rings. The molecule has 1 aliphatic rings. The van der Waals surface area contributed by atoms with Gasteiger partial charge in [0.1, 0.15) is 5.76 Å². The summed E-state index contributed by atoms with van der Waals surface area (Å²) in [6.45, 7) is 1.74. The Balaban J connectivity index is 1.74. The van der Waals surface area contributed by atoms with Crippen LogP contribution >= 0.6 is 12.2 Å². The van der Waals surface area contributed by atoms with E-state index in [2.05, 4.69) is 16.2 Å². The minimum atomic E-state index is -0.251. The molecular formula is C13H19N3O2S. The largest absolute Gasteiger partial charge is 0.469 e. The minimum absolute atomic E-state index is 0.251. The van der Waals surface area contributed by atoms with Crippen LogP contribution in [-0.4, -0.2) is 17.1 Å². The number of furan rings is 1. The second kappa shape index (κ2) is 6.56. The number of amides is 1. The highest BCUT2D eigenvalue weighted by atomic mass is 32.1. The van der Waals surface area contributed by atoms with E-state index in [-0.39, 0.29) is 5.91 Å². The third-order valence-electron chi connectivity index (χ3n) is 3.33. The summed E-state index contributed by atoms with van der Waals surface area (Å²) in [7, 11) is 0. The van der Waals surface area contributed by atoms with E-state index in [9.17, 15) is 4.79 Å². The molecule has 0 radical (unpaired) electrons. The highest BCUT2D eigenvalue weighted by molar-refractivity contribution is 7.80. The molecule has 0 aromatic carbocycles. The number of thiocarbonyl (C=S) groups is 1. The van der Waals surface area contributed by atoms with Crippen molar-refractivity contribution in [3.8, 4) is 0 Å². The molecule has 2 rings (SSSR count). The predicted octanol–water partition coefficient (Wildman–Crippen LogP) is 2.03. The molecule has 0 saturated heterocycles. The van der Waals surface area contributed by atoms with Crippen LogP contribution in [0.5, 0.6) is 0 Å². The monoisotopic (exact) mass is 281 g/mol. The zero-order valence-corrected chi connectivity index (χ0v) is 11.8. The topological polar surface area (TPSA) is 66.3 Å². The molecule has 1 heterocycles. The molecule has 0 atom stereocenters. The summed E-state index contributed by atoms with van der Waals surface area (Å²) >= 11 is 5.16. The standard InChI is InChI=1S/C13H19N3O2S/c1-9-11(7-8-18-9)12(17)15-16-13(19)14-10-5-3-2-4-6-10/h7-8,10H,2-6H2,1H3,(H,15,17)(H2,14,16,19). The van der Waals surface area contributed by atoms with Crippen molar-refractivity contribution in [3.63, 3.8) is 0 Å². The van der Waals surface area contributed by atoms with E-state index in [1.54, 1.807) is 13.0 Å². The molecule has 1 aliphatic carbocycles. The van der Waals surface area contributed by atoms with Gasteiger partial charge in [-0.05, 0) is 38.0 Å². The fraction of sp³-hybridized carbons (Fsp3) is 0.538. The lowest BCUT2D eigenvalue weighted by atomic mass is 9.96. The van der Waals surface area contributed by atoms with E-state index in [1.165, 1.54) is 25.5 Å². The van der Waals surface area contributed by atoms with Crippen molar-refractivity contribution in [2.24, 2.45) is 0 Å². The molecule has 1 aromatic heterocycles. The van der Waals surface area contributed by atoms with E-state index >= 15 is 0 Å². The number of aryl methyl sites for hydroxylation is 1. The van der Waals surface area contributed by atoms with Crippen LogP contribution in [0.3, 0.4) is 0 Å². The van der Waals surface area contributed by atoms with E-state index in [0.29, 0.717) is 22.5 Å². The highest BCUT2D eigenvalue weighted by Gasteiger charge is 2.15. The fourth-order valence-electron chi connectivity index (χ4n) is 2.27. The van der Waals surface area contributed by atoms with Gasteiger partial charge in [-0.15, -0.1) is 0 Å². The zero-order valence-electron chi connectivity index (χ0n) is 11.0. The number of carbonyl (C=O) groups is 1. The van der Waals surface area contributed by atoms with Gasteiger partial charge in [0, 0.05) is 6.04 Å². The Bertz CT molecular complexity index is 452. The van der Waals surface area contributed by atoms with Gasteiger partial charge in [-0.25, -0.2) is 0 Å². The summed E-state index contributed by atoms with van der Waals surface area (Å²) < 4.78 is 5.08. The van der Waals surface area contributed by atoms with Crippen LogP contribution < -0.4 is 16.2 Å². The van der Waals surface area contributed by atoms with Crippen molar-refractivity contribution in [1.29, 1.82) is 0 Å². The van der Waals surface area contributed by atoms with E-state index in [1.807, 2.05) is 0 Å². The predicted molar refractivity (Wildman–Crippen MR) is 76.7 cm³/mol. The fourth-order valence-corrected chi connectivity index (χ4v) is 2.49. The maximum atomic E-state index is 11.8. The van der Waals surface area contributed by atoms with Crippen LogP contribution in [0.25, 0.3) is 0 Å². The van der Waals surface area contributed by atoms with Crippen molar-refractivity contribution < 1.29 is 9.21 Å². The van der Waals surface area contributed by atoms with E-state index in [4.69, 9.17) is 16.6 Å². The maximum absolute atomic E-state index is 11.8. The first-order valence-corrected chi connectivity index (χ1v) is 6.98. The van der Waals surface area contributed by atoms with Crippen molar-refractivity contribution in [2.45, 2.75) is 45.1 Å². The Labute approximate surface area is 118 Å². The summed E-state index contributed by atoms with van der Waals surface area (Å²) in [5.74, 6) is 0.338. The molecule has 0 aliphatic heterocycles. The van der Waals surface area contributed by atoms with Crippen LogP contribution in [0.15, 0.2) is 16.7 Å². The molecule has 1 saturated carbocycles. The number of hydrogen-bond acceptors (Lipinski definition) is 3. The maximum Gasteiger partial charge on any atom is 0.273 e. The summed E-state index contributed by atoms with van der Waals surface area (Å²) in [6, 6.07) is 2.05. The molecule has 0 spiro atoms. The number of carbonyl (C=O) groups excluding carboxylic acids is 1. The Morgan fingerprint density at radius 3 is 2.68 bits per heavy atom. The number of hydrogen-bond donors (Lipinski definition) is 3. The van der Waals surface area contributed by atoms with Gasteiger partial charge >= 0.3 is 0 Å². The molecule has 0 bridgehead atoms. The zero-order chi connectivity index (χ0) is 13.7. The van der Waals surface area contributed by atoms with Gasteiger partial charge < -0.3 is 9.73 Å². The molecule has 3 N–H and O–H groups in total. The van der Waals surface area contributed by atoms with Crippen LogP contribution in [-0.2, 0) is 0 Å². The van der Waals surface area contributed by atoms with E-state index in [0.717, 1.165) is 12.8 Å². The van der Waals surface area contributed by atoms with Gasteiger partial charge in [-0.2, -0.15) is 0 Å². The third-order valence-corrected chi connectivity index (χ3v) is 3.55. The SMILES string of the molecule is Cc1occc1C(=O)NNC(=S)NC1CCCCC1. The first kappa shape index (κ1) is 13.9. The Morgan fingerprint density at radius 1 is 1.32 bits per heavy atom. The summed E-state index contributed by atoms with van der Waals surface area (Å²) in [4.78, 5) is 11.8. The molecule has 19 heavy (non-hydrogen) atoms. The van der Waals surface area contributed by atoms with Gasteiger partial charge in [-0.3, -0.25) is 15.6 Å². The first-order valence-electron chi connectivity index (χ1n) is 6.58. The molecule has 0 unspecified atom stereocenters. The van der Waals surface area contributed by atoms with E-state index < -0.39 is 0 Å². The molecule has 6 heteroatoms. The van der Waals surface area contributed by atoms with Crippen LogP contribution in [0, 0.1) is 6.92 Å². The van der Waals surface area contributed by atoms with Crippen LogP contribution in [0.4, 0.5) is 0 Å². The smallest absolute Gasteiger partial charge is 0.273 e. The molecule has 1 aromatic rings. The van der Waals surface area contributed by atoms with Crippen LogP contribution in [0.2, 0.25) is 0 Å². The van der Waals surface area contributed by atoms with Crippen molar-refractivity contribution in [3.05, 3.63) is 23.7 Å². The highest BCUT2D eigenvalue weighted by Crippen LogP contribution is 2.17. The van der Waals surface area contributed by atoms with Gasteiger partial charge in [0.15, 0.2) is 5.11 Å². The van der Waals surface area contributed by atoms with Crippen molar-refractivity contribution in [2.75, 3.05) is 0 Å². The van der Waals surface area contributed by atoms with Crippen molar-refractivity contribution in [1.82, 2.24) is 16.2 Å². The quantitative estimate of drug-likeness (QED) is 0.572. The lowest BCUT2D eigenvalue weighted by Crippen LogP contribution is -2.50. The molecule has 5 nitrogen and oxygen atoms in total. The number of nitrogens with one attached hydrogen (secondary N) is 3. The molecular weight excluding hydrogens is 262 g/mol. The normalized spacial score (nSPS) is 15.8. The van der Waals surface area contributed by atoms with Gasteiger partial charge in [0.05, 0.1) is 11.8 Å². The number of rotatable bonds is 2.